The molecule has 0 radical (unpaired) electrons. The summed E-state index contributed by atoms with van der Waals surface area (Å²) in [6.45, 7) is 1.87. The summed E-state index contributed by atoms with van der Waals surface area (Å²) in [5, 5.41) is 0.747. The lowest BCUT2D eigenvalue weighted by atomic mass is 10.3. The van der Waals surface area contributed by atoms with Crippen molar-refractivity contribution in [2.45, 2.75) is 16.8 Å². The average Bonchev–Trinajstić information content (AvgIpc) is 2.29. The third kappa shape index (κ3) is 3.04. The Balaban J connectivity index is 2.25. The van der Waals surface area contributed by atoms with Crippen molar-refractivity contribution in [2.75, 3.05) is 0 Å². The fourth-order valence-electron chi connectivity index (χ4n) is 1.24. The number of benzene rings is 1. The molecule has 2 aromatic rings. The van der Waals surface area contributed by atoms with Crippen molar-refractivity contribution in [3.63, 3.8) is 0 Å². The van der Waals surface area contributed by atoms with Crippen LogP contribution in [-0.4, -0.2) is 4.98 Å². The lowest BCUT2D eigenvalue weighted by molar-refractivity contribution is 0.506. The van der Waals surface area contributed by atoms with E-state index in [0.717, 1.165) is 21.3 Å². The van der Waals surface area contributed by atoms with Gasteiger partial charge in [0.15, 0.2) is 11.6 Å². The zero-order valence-corrected chi connectivity index (χ0v) is 11.3. The van der Waals surface area contributed by atoms with Crippen LogP contribution in [0.4, 0.5) is 8.78 Å². The first-order valence-electron chi connectivity index (χ1n) is 4.82. The van der Waals surface area contributed by atoms with Crippen molar-refractivity contribution in [2.24, 2.45) is 0 Å². The second-order valence-electron chi connectivity index (χ2n) is 3.39. The number of aromatic nitrogens is 1. The molecule has 0 aliphatic carbocycles. The van der Waals surface area contributed by atoms with E-state index < -0.39 is 11.6 Å². The van der Waals surface area contributed by atoms with Gasteiger partial charge in [0.1, 0.15) is 5.03 Å². The molecule has 0 saturated carbocycles. The van der Waals surface area contributed by atoms with Crippen LogP contribution in [0.25, 0.3) is 0 Å². The lowest BCUT2D eigenvalue weighted by Gasteiger charge is -2.03. The maximum absolute atomic E-state index is 13.0. The molecule has 5 heteroatoms. The first-order valence-corrected chi connectivity index (χ1v) is 6.43. The van der Waals surface area contributed by atoms with Crippen LogP contribution in [0.3, 0.4) is 0 Å². The third-order valence-electron chi connectivity index (χ3n) is 2.11. The van der Waals surface area contributed by atoms with Crippen LogP contribution in [0.5, 0.6) is 0 Å². The number of nitrogens with zero attached hydrogens (tertiary/aromatic N) is 1. The van der Waals surface area contributed by atoms with Crippen molar-refractivity contribution in [1.82, 2.24) is 4.98 Å². The van der Waals surface area contributed by atoms with Crippen LogP contribution in [0.2, 0.25) is 0 Å². The highest BCUT2D eigenvalue weighted by molar-refractivity contribution is 9.10. The van der Waals surface area contributed by atoms with Crippen LogP contribution in [-0.2, 0) is 0 Å². The van der Waals surface area contributed by atoms with Crippen LogP contribution >= 0.6 is 27.7 Å². The minimum Gasteiger partial charge on any atom is -0.245 e. The van der Waals surface area contributed by atoms with Gasteiger partial charge in [-0.2, -0.15) is 0 Å². The Bertz CT molecular complexity index is 511. The van der Waals surface area contributed by atoms with E-state index in [1.54, 1.807) is 0 Å². The molecule has 0 amide bonds. The van der Waals surface area contributed by atoms with Crippen LogP contribution in [0.1, 0.15) is 5.69 Å². The quantitative estimate of drug-likeness (QED) is 0.804. The Labute approximate surface area is 110 Å². The smallest absolute Gasteiger partial charge is 0.159 e. The highest BCUT2D eigenvalue weighted by Crippen LogP contribution is 2.28. The van der Waals surface area contributed by atoms with E-state index in [1.807, 2.05) is 19.1 Å². The van der Waals surface area contributed by atoms with Gasteiger partial charge < -0.3 is 0 Å². The van der Waals surface area contributed by atoms with Crippen molar-refractivity contribution >= 4 is 27.7 Å². The molecule has 0 atom stereocenters. The SMILES string of the molecule is Cc1nc(Sc2ccc(F)c(F)c2)ccc1Br. The Hall–Kier alpha value is -0.940. The molecule has 0 unspecified atom stereocenters. The molecule has 0 N–H and O–H groups in total. The van der Waals surface area contributed by atoms with Crippen molar-refractivity contribution in [3.05, 3.63) is 52.1 Å². The lowest BCUT2D eigenvalue weighted by Crippen LogP contribution is -1.87. The van der Waals surface area contributed by atoms with Crippen LogP contribution < -0.4 is 0 Å². The highest BCUT2D eigenvalue weighted by Gasteiger charge is 2.05. The summed E-state index contributed by atoms with van der Waals surface area (Å²) in [7, 11) is 0. The van der Waals surface area contributed by atoms with Crippen LogP contribution in [0.15, 0.2) is 44.7 Å². The molecule has 0 fully saturated rings. The van der Waals surface area contributed by atoms with Gasteiger partial charge in [-0.1, -0.05) is 11.8 Å². The van der Waals surface area contributed by atoms with Gasteiger partial charge in [-0.3, -0.25) is 0 Å². The number of hydrogen-bond donors (Lipinski definition) is 0. The fraction of sp³-hybridized carbons (Fsp3) is 0.0833. The number of hydrogen-bond acceptors (Lipinski definition) is 2. The second-order valence-corrected chi connectivity index (χ2v) is 5.34. The fourth-order valence-corrected chi connectivity index (χ4v) is 2.32. The number of halogens is 3. The minimum atomic E-state index is -0.844. The van der Waals surface area contributed by atoms with Crippen molar-refractivity contribution in [3.8, 4) is 0 Å². The Morgan fingerprint density at radius 3 is 2.53 bits per heavy atom. The molecule has 0 aliphatic rings. The normalized spacial score (nSPS) is 10.6. The van der Waals surface area contributed by atoms with Gasteiger partial charge in [-0.25, -0.2) is 13.8 Å². The van der Waals surface area contributed by atoms with Crippen LogP contribution in [0, 0.1) is 18.6 Å². The molecule has 0 aliphatic heterocycles. The molecule has 17 heavy (non-hydrogen) atoms. The first-order chi connectivity index (χ1) is 8.06. The van der Waals surface area contributed by atoms with E-state index in [4.69, 9.17) is 0 Å². The van der Waals surface area contributed by atoms with Crippen molar-refractivity contribution in [1.29, 1.82) is 0 Å². The molecular weight excluding hydrogens is 308 g/mol. The van der Waals surface area contributed by atoms with E-state index in [-0.39, 0.29) is 0 Å². The summed E-state index contributed by atoms with van der Waals surface area (Å²) in [5.41, 5.74) is 0.859. The summed E-state index contributed by atoms with van der Waals surface area (Å²) in [5.74, 6) is -1.68. The second kappa shape index (κ2) is 5.14. The molecule has 0 saturated heterocycles. The topological polar surface area (TPSA) is 12.9 Å². The van der Waals surface area contributed by atoms with Gasteiger partial charge in [0.2, 0.25) is 0 Å². The molecule has 1 aromatic carbocycles. The summed E-state index contributed by atoms with van der Waals surface area (Å²) in [4.78, 5) is 4.94. The minimum absolute atomic E-state index is 0.623. The summed E-state index contributed by atoms with van der Waals surface area (Å²) in [6.07, 6.45) is 0. The first kappa shape index (κ1) is 12.5. The molecule has 2 rings (SSSR count). The van der Waals surface area contributed by atoms with Gasteiger partial charge in [-0.15, -0.1) is 0 Å². The number of rotatable bonds is 2. The predicted molar refractivity (Wildman–Crippen MR) is 67.2 cm³/mol. The van der Waals surface area contributed by atoms with Gasteiger partial charge in [0.05, 0.1) is 5.69 Å². The summed E-state index contributed by atoms with van der Waals surface area (Å²) in [6, 6.07) is 7.51. The molecule has 0 bridgehead atoms. The third-order valence-corrected chi connectivity index (χ3v) is 3.87. The predicted octanol–water partition coefficient (Wildman–Crippen LogP) is 4.58. The molecule has 0 spiro atoms. The van der Waals surface area contributed by atoms with Gasteiger partial charge >= 0.3 is 0 Å². The van der Waals surface area contributed by atoms with Crippen molar-refractivity contribution < 1.29 is 8.78 Å². The van der Waals surface area contributed by atoms with Gasteiger partial charge in [0.25, 0.3) is 0 Å². The number of aryl methyl sites for hydroxylation is 1. The van der Waals surface area contributed by atoms with E-state index in [0.29, 0.717) is 4.90 Å². The molecule has 1 heterocycles. The van der Waals surface area contributed by atoms with Gasteiger partial charge in [-0.05, 0) is 53.2 Å². The maximum Gasteiger partial charge on any atom is 0.159 e. The monoisotopic (exact) mass is 315 g/mol. The number of pyridine rings is 1. The molecule has 1 nitrogen and oxygen atoms in total. The van der Waals surface area contributed by atoms with E-state index in [1.165, 1.54) is 23.9 Å². The van der Waals surface area contributed by atoms with Gasteiger partial charge in [0, 0.05) is 9.37 Å². The van der Waals surface area contributed by atoms with E-state index >= 15 is 0 Å². The summed E-state index contributed by atoms with van der Waals surface area (Å²) < 4.78 is 26.7. The highest BCUT2D eigenvalue weighted by atomic mass is 79.9. The zero-order chi connectivity index (χ0) is 12.4. The molecule has 88 valence electrons. The van der Waals surface area contributed by atoms with E-state index in [2.05, 4.69) is 20.9 Å². The Kier molecular flexibility index (Phi) is 3.79. The average molecular weight is 316 g/mol. The van der Waals surface area contributed by atoms with E-state index in [9.17, 15) is 8.78 Å². The molecular formula is C12H8BrF2NS. The molecule has 1 aromatic heterocycles. The maximum atomic E-state index is 13.0. The Morgan fingerprint density at radius 2 is 1.88 bits per heavy atom. The summed E-state index contributed by atoms with van der Waals surface area (Å²) >= 11 is 4.65. The largest absolute Gasteiger partial charge is 0.245 e. The Morgan fingerprint density at radius 1 is 1.12 bits per heavy atom. The zero-order valence-electron chi connectivity index (χ0n) is 8.88. The standard InChI is InChI=1S/C12H8BrF2NS/c1-7-9(13)3-5-12(16-7)17-8-2-4-10(14)11(15)6-8/h2-6H,1H3.